The molecule has 2 aromatic heterocycles. The topological polar surface area (TPSA) is 104 Å². The first-order chi connectivity index (χ1) is 11.8. The Balaban J connectivity index is 1.47. The Labute approximate surface area is 139 Å². The molecule has 1 aliphatic rings. The van der Waals surface area contributed by atoms with Crippen LogP contribution in [0.3, 0.4) is 0 Å². The fourth-order valence-corrected chi connectivity index (χ4v) is 2.84. The van der Waals surface area contributed by atoms with E-state index in [1.54, 1.807) is 6.20 Å². The van der Waals surface area contributed by atoms with Gasteiger partial charge in [-0.05, 0) is 25.0 Å². The number of aromatic nitrogens is 3. The van der Waals surface area contributed by atoms with Crippen LogP contribution in [0.15, 0.2) is 28.9 Å². The van der Waals surface area contributed by atoms with Crippen molar-refractivity contribution in [1.29, 1.82) is 0 Å². The summed E-state index contributed by atoms with van der Waals surface area (Å²) in [5.41, 5.74) is 0. The van der Waals surface area contributed by atoms with Crippen molar-refractivity contribution in [3.63, 3.8) is 0 Å². The molecule has 8 heteroatoms. The summed E-state index contributed by atoms with van der Waals surface area (Å²) in [7, 11) is 0. The van der Waals surface area contributed by atoms with Crippen LogP contribution in [0.5, 0.6) is 0 Å². The number of pyridine rings is 1. The molecule has 2 aromatic rings. The number of piperidine rings is 1. The molecule has 128 valence electrons. The van der Waals surface area contributed by atoms with E-state index in [9.17, 15) is 4.79 Å². The number of nitrogens with zero attached hydrogens (tertiary/aromatic N) is 4. The van der Waals surface area contributed by atoms with Gasteiger partial charge in [-0.1, -0.05) is 11.2 Å². The fraction of sp³-hybridized carbons (Fsp3) is 0.500. The number of nitrogens with one attached hydrogen (secondary N) is 1. The molecule has 1 atom stereocenters. The van der Waals surface area contributed by atoms with Gasteiger partial charge in [-0.2, -0.15) is 4.98 Å². The Kier molecular flexibility index (Phi) is 5.37. The van der Waals surface area contributed by atoms with Crippen molar-refractivity contribution in [2.75, 3.05) is 24.5 Å². The van der Waals surface area contributed by atoms with Crippen molar-refractivity contribution in [2.45, 2.75) is 25.9 Å². The number of rotatable bonds is 6. The molecule has 1 saturated heterocycles. The first kappa shape index (κ1) is 16.4. The molecule has 2 N–H and O–H groups in total. The van der Waals surface area contributed by atoms with E-state index in [0.717, 1.165) is 25.2 Å². The average molecular weight is 331 g/mol. The Morgan fingerprint density at radius 2 is 2.38 bits per heavy atom. The molecule has 8 nitrogen and oxygen atoms in total. The van der Waals surface area contributed by atoms with E-state index in [2.05, 4.69) is 25.3 Å². The lowest BCUT2D eigenvalue weighted by atomic mass is 9.97. The monoisotopic (exact) mass is 331 g/mol. The number of hydrogen-bond acceptors (Lipinski definition) is 7. The number of aliphatic hydroxyl groups is 1. The van der Waals surface area contributed by atoms with Gasteiger partial charge in [0.15, 0.2) is 5.82 Å². The van der Waals surface area contributed by atoms with Gasteiger partial charge in [0.05, 0.1) is 5.92 Å². The van der Waals surface area contributed by atoms with Crippen molar-refractivity contribution in [1.82, 2.24) is 20.4 Å². The van der Waals surface area contributed by atoms with Gasteiger partial charge < -0.3 is 19.8 Å². The van der Waals surface area contributed by atoms with E-state index in [1.807, 2.05) is 18.2 Å². The molecule has 0 radical (unpaired) electrons. The SMILES string of the molecule is O=C(NCCc1noc(CO)n1)[C@@H]1CCCN(c2ccccn2)C1. The summed E-state index contributed by atoms with van der Waals surface area (Å²) in [5.74, 6) is 1.59. The predicted octanol–water partition coefficient (Wildman–Crippen LogP) is 0.532. The fourth-order valence-electron chi connectivity index (χ4n) is 2.84. The number of amides is 1. The zero-order valence-corrected chi connectivity index (χ0v) is 13.4. The molecule has 0 aliphatic carbocycles. The molecule has 24 heavy (non-hydrogen) atoms. The summed E-state index contributed by atoms with van der Waals surface area (Å²) in [6.45, 7) is 1.78. The van der Waals surface area contributed by atoms with Gasteiger partial charge in [0.2, 0.25) is 5.91 Å². The minimum atomic E-state index is -0.273. The van der Waals surface area contributed by atoms with Crippen LogP contribution in [0.1, 0.15) is 24.6 Å². The highest BCUT2D eigenvalue weighted by Gasteiger charge is 2.26. The zero-order chi connectivity index (χ0) is 16.8. The van der Waals surface area contributed by atoms with Gasteiger partial charge in [0, 0.05) is 32.3 Å². The van der Waals surface area contributed by atoms with Crippen LogP contribution in [0, 0.1) is 5.92 Å². The van der Waals surface area contributed by atoms with Crippen molar-refractivity contribution in [3.8, 4) is 0 Å². The van der Waals surface area contributed by atoms with E-state index >= 15 is 0 Å². The van der Waals surface area contributed by atoms with Gasteiger partial charge in [0.1, 0.15) is 12.4 Å². The van der Waals surface area contributed by atoms with Gasteiger partial charge >= 0.3 is 0 Å². The standard InChI is InChI=1S/C16H21N5O3/c22-11-15-19-13(20-24-15)6-8-18-16(23)12-4-3-9-21(10-12)14-5-1-2-7-17-14/h1-2,5,7,12,22H,3-4,6,8-11H2,(H,18,23)/t12-/m1/s1. The largest absolute Gasteiger partial charge is 0.387 e. The molecule has 0 bridgehead atoms. The van der Waals surface area contributed by atoms with Crippen molar-refractivity contribution < 1.29 is 14.4 Å². The Hall–Kier alpha value is -2.48. The maximum atomic E-state index is 12.4. The lowest BCUT2D eigenvalue weighted by Crippen LogP contribution is -2.43. The first-order valence-electron chi connectivity index (χ1n) is 8.12. The second-order valence-corrected chi connectivity index (χ2v) is 5.78. The molecule has 0 saturated carbocycles. The van der Waals surface area contributed by atoms with Crippen LogP contribution in [-0.2, 0) is 17.8 Å². The molecular weight excluding hydrogens is 310 g/mol. The lowest BCUT2D eigenvalue weighted by Gasteiger charge is -2.32. The number of carbonyl (C=O) groups is 1. The predicted molar refractivity (Wildman–Crippen MR) is 86.1 cm³/mol. The quantitative estimate of drug-likeness (QED) is 0.795. The van der Waals surface area contributed by atoms with Crippen LogP contribution in [0.25, 0.3) is 0 Å². The van der Waals surface area contributed by atoms with E-state index in [4.69, 9.17) is 9.63 Å². The summed E-state index contributed by atoms with van der Waals surface area (Å²) < 4.78 is 4.81. The highest BCUT2D eigenvalue weighted by Crippen LogP contribution is 2.21. The third-order valence-corrected chi connectivity index (χ3v) is 4.06. The molecule has 3 rings (SSSR count). The van der Waals surface area contributed by atoms with Gasteiger partial charge in [-0.25, -0.2) is 4.98 Å². The van der Waals surface area contributed by atoms with Gasteiger partial charge in [-0.15, -0.1) is 0 Å². The van der Waals surface area contributed by atoms with Crippen molar-refractivity contribution >= 4 is 11.7 Å². The second kappa shape index (κ2) is 7.87. The molecule has 3 heterocycles. The van der Waals surface area contributed by atoms with Crippen LogP contribution in [0.2, 0.25) is 0 Å². The maximum Gasteiger partial charge on any atom is 0.252 e. The van der Waals surface area contributed by atoms with Crippen molar-refractivity contribution in [3.05, 3.63) is 36.1 Å². The average Bonchev–Trinajstić information content (AvgIpc) is 3.10. The Morgan fingerprint density at radius 1 is 1.46 bits per heavy atom. The smallest absolute Gasteiger partial charge is 0.252 e. The van der Waals surface area contributed by atoms with Crippen LogP contribution < -0.4 is 10.2 Å². The summed E-state index contributed by atoms with van der Waals surface area (Å²) >= 11 is 0. The van der Waals surface area contributed by atoms with Gasteiger partial charge in [0.25, 0.3) is 5.89 Å². The van der Waals surface area contributed by atoms with E-state index in [0.29, 0.717) is 25.3 Å². The van der Waals surface area contributed by atoms with Crippen LogP contribution in [-0.4, -0.2) is 45.8 Å². The van der Waals surface area contributed by atoms with Gasteiger partial charge in [-0.3, -0.25) is 4.79 Å². The molecule has 0 unspecified atom stereocenters. The normalized spacial score (nSPS) is 17.7. The number of anilines is 1. The van der Waals surface area contributed by atoms with E-state index < -0.39 is 0 Å². The number of hydrogen-bond donors (Lipinski definition) is 2. The number of aliphatic hydroxyl groups excluding tert-OH is 1. The van der Waals surface area contributed by atoms with E-state index in [1.165, 1.54) is 0 Å². The minimum Gasteiger partial charge on any atom is -0.387 e. The number of carbonyl (C=O) groups excluding carboxylic acids is 1. The van der Waals surface area contributed by atoms with Crippen LogP contribution in [0.4, 0.5) is 5.82 Å². The van der Waals surface area contributed by atoms with E-state index in [-0.39, 0.29) is 24.3 Å². The third-order valence-electron chi connectivity index (χ3n) is 4.06. The highest BCUT2D eigenvalue weighted by molar-refractivity contribution is 5.79. The molecule has 0 aromatic carbocycles. The third kappa shape index (κ3) is 4.08. The lowest BCUT2D eigenvalue weighted by molar-refractivity contribution is -0.125. The Bertz CT molecular complexity index is 661. The van der Waals surface area contributed by atoms with Crippen molar-refractivity contribution in [2.24, 2.45) is 5.92 Å². The summed E-state index contributed by atoms with van der Waals surface area (Å²) in [4.78, 5) is 22.9. The first-order valence-corrected chi connectivity index (χ1v) is 8.12. The molecule has 1 fully saturated rings. The molecular formula is C16H21N5O3. The molecule has 0 spiro atoms. The summed E-state index contributed by atoms with van der Waals surface area (Å²) in [6, 6.07) is 5.81. The maximum absolute atomic E-state index is 12.4. The summed E-state index contributed by atoms with van der Waals surface area (Å²) in [5, 5.41) is 15.5. The minimum absolute atomic E-state index is 0.0426. The molecule has 1 amide bonds. The highest BCUT2D eigenvalue weighted by atomic mass is 16.5. The van der Waals surface area contributed by atoms with Crippen LogP contribution >= 0.6 is 0 Å². The Morgan fingerprint density at radius 3 is 3.12 bits per heavy atom. The zero-order valence-electron chi connectivity index (χ0n) is 13.4. The molecule has 1 aliphatic heterocycles. The summed E-state index contributed by atoms with van der Waals surface area (Å²) in [6.07, 6.45) is 4.10. The second-order valence-electron chi connectivity index (χ2n) is 5.78.